The highest BCUT2D eigenvalue weighted by Crippen LogP contribution is 2.18. The number of nitrogens with zero attached hydrogens (tertiary/aromatic N) is 3. The number of aromatic nitrogens is 3. The van der Waals surface area contributed by atoms with Gasteiger partial charge in [0.15, 0.2) is 10.8 Å². The van der Waals surface area contributed by atoms with E-state index in [4.69, 9.17) is 0 Å². The molecule has 0 saturated heterocycles. The molecule has 0 bridgehead atoms. The van der Waals surface area contributed by atoms with Crippen LogP contribution in [-0.4, -0.2) is 33.4 Å². The van der Waals surface area contributed by atoms with Gasteiger partial charge in [0.1, 0.15) is 0 Å². The van der Waals surface area contributed by atoms with Crippen molar-refractivity contribution in [2.45, 2.75) is 31.0 Å². The van der Waals surface area contributed by atoms with Crippen LogP contribution in [-0.2, 0) is 0 Å². The lowest BCUT2D eigenvalue weighted by molar-refractivity contribution is 0.559. The van der Waals surface area contributed by atoms with Gasteiger partial charge in [-0.3, -0.25) is 4.40 Å². The largest absolute Gasteiger partial charge is 0.317 e. The monoisotopic (exact) mass is 250 g/mol. The summed E-state index contributed by atoms with van der Waals surface area (Å²) < 4.78 is 2.03. The Balaban J connectivity index is 1.87. The van der Waals surface area contributed by atoms with Crippen molar-refractivity contribution < 1.29 is 0 Å². The van der Waals surface area contributed by atoms with Gasteiger partial charge >= 0.3 is 0 Å². The predicted molar refractivity (Wildman–Crippen MR) is 71.5 cm³/mol. The summed E-state index contributed by atoms with van der Waals surface area (Å²) in [5, 5.41) is 12.6. The Labute approximate surface area is 106 Å². The molecule has 0 radical (unpaired) electrons. The minimum absolute atomic E-state index is 0.589. The summed E-state index contributed by atoms with van der Waals surface area (Å²) in [6, 6.07) is 6.54. The van der Waals surface area contributed by atoms with Crippen LogP contribution in [0.2, 0.25) is 0 Å². The van der Waals surface area contributed by atoms with Gasteiger partial charge in [-0.05, 0) is 38.9 Å². The van der Waals surface area contributed by atoms with E-state index < -0.39 is 0 Å². The van der Waals surface area contributed by atoms with Gasteiger partial charge in [-0.25, -0.2) is 0 Å². The highest BCUT2D eigenvalue weighted by Gasteiger charge is 2.05. The molecule has 1 atom stereocenters. The summed E-state index contributed by atoms with van der Waals surface area (Å²) in [5.41, 5.74) is 0.915. The van der Waals surface area contributed by atoms with Gasteiger partial charge in [-0.2, -0.15) is 0 Å². The van der Waals surface area contributed by atoms with Crippen molar-refractivity contribution in [1.82, 2.24) is 19.9 Å². The number of hydrogen-bond acceptors (Lipinski definition) is 4. The first-order valence-electron chi connectivity index (χ1n) is 5.91. The summed E-state index contributed by atoms with van der Waals surface area (Å²) in [7, 11) is 2.00. The Morgan fingerprint density at radius 1 is 1.41 bits per heavy atom. The molecule has 0 spiro atoms. The van der Waals surface area contributed by atoms with Crippen LogP contribution in [0.15, 0.2) is 29.6 Å². The van der Waals surface area contributed by atoms with Gasteiger partial charge in [-0.15, -0.1) is 10.2 Å². The van der Waals surface area contributed by atoms with Crippen LogP contribution in [0.3, 0.4) is 0 Å². The third kappa shape index (κ3) is 3.20. The van der Waals surface area contributed by atoms with Crippen molar-refractivity contribution in [3.63, 3.8) is 0 Å². The Bertz CT molecular complexity index is 468. The van der Waals surface area contributed by atoms with Gasteiger partial charge in [0.2, 0.25) is 0 Å². The molecular weight excluding hydrogens is 232 g/mol. The van der Waals surface area contributed by atoms with E-state index in [1.165, 1.54) is 12.8 Å². The molecule has 0 aliphatic carbocycles. The smallest absolute Gasteiger partial charge is 0.195 e. The minimum Gasteiger partial charge on any atom is -0.317 e. The normalized spacial score (nSPS) is 13.1. The lowest BCUT2D eigenvalue weighted by atomic mass is 10.2. The van der Waals surface area contributed by atoms with Gasteiger partial charge in [0, 0.05) is 18.0 Å². The highest BCUT2D eigenvalue weighted by atomic mass is 32.2. The van der Waals surface area contributed by atoms with Crippen LogP contribution in [0, 0.1) is 0 Å². The molecule has 2 rings (SSSR count). The van der Waals surface area contributed by atoms with Gasteiger partial charge < -0.3 is 5.32 Å². The number of hydrogen-bond donors (Lipinski definition) is 1. The molecule has 2 aromatic rings. The molecular formula is C12H18N4S. The molecule has 5 heteroatoms. The molecule has 2 heterocycles. The fraction of sp³-hybridized carbons (Fsp3) is 0.500. The minimum atomic E-state index is 0.589. The van der Waals surface area contributed by atoms with Crippen LogP contribution in [0.5, 0.6) is 0 Å². The second-order valence-electron chi connectivity index (χ2n) is 4.09. The summed E-state index contributed by atoms with van der Waals surface area (Å²) in [4.78, 5) is 0. The van der Waals surface area contributed by atoms with E-state index in [9.17, 15) is 0 Å². The van der Waals surface area contributed by atoms with Crippen molar-refractivity contribution in [1.29, 1.82) is 0 Å². The van der Waals surface area contributed by atoms with E-state index in [1.807, 2.05) is 35.8 Å². The third-order valence-electron chi connectivity index (χ3n) is 2.79. The van der Waals surface area contributed by atoms with Crippen molar-refractivity contribution in [2.75, 3.05) is 12.8 Å². The number of fused-ring (bicyclic) bond motifs is 1. The highest BCUT2D eigenvalue weighted by molar-refractivity contribution is 7.99. The summed E-state index contributed by atoms with van der Waals surface area (Å²) in [6.45, 7) is 2.21. The summed E-state index contributed by atoms with van der Waals surface area (Å²) in [5.74, 6) is 1.09. The standard InChI is InChI=1S/C12H18N4S/c1-10(13-2)6-5-9-17-12-15-14-11-7-3-4-8-16(11)12/h3-4,7-8,10,13H,5-6,9H2,1-2H3. The van der Waals surface area contributed by atoms with E-state index in [-0.39, 0.29) is 0 Å². The molecule has 2 aromatic heterocycles. The maximum Gasteiger partial charge on any atom is 0.195 e. The van der Waals surface area contributed by atoms with E-state index in [0.717, 1.165) is 16.6 Å². The molecule has 92 valence electrons. The maximum absolute atomic E-state index is 4.19. The second kappa shape index (κ2) is 6.02. The van der Waals surface area contributed by atoms with Crippen molar-refractivity contribution >= 4 is 17.4 Å². The number of thioether (sulfide) groups is 1. The molecule has 0 aliphatic heterocycles. The SMILES string of the molecule is CNC(C)CCCSc1nnc2ccccn12. The molecule has 0 saturated carbocycles. The predicted octanol–water partition coefficient (Wildman–Crippen LogP) is 2.21. The second-order valence-corrected chi connectivity index (χ2v) is 5.15. The van der Waals surface area contributed by atoms with Crippen molar-refractivity contribution in [3.05, 3.63) is 24.4 Å². The molecule has 4 nitrogen and oxygen atoms in total. The van der Waals surface area contributed by atoms with Crippen LogP contribution >= 0.6 is 11.8 Å². The lowest BCUT2D eigenvalue weighted by Gasteiger charge is -2.08. The van der Waals surface area contributed by atoms with E-state index in [0.29, 0.717) is 6.04 Å². The third-order valence-corrected chi connectivity index (χ3v) is 3.82. The first-order chi connectivity index (χ1) is 8.31. The lowest BCUT2D eigenvalue weighted by Crippen LogP contribution is -2.20. The zero-order chi connectivity index (χ0) is 12.1. The molecule has 0 fully saturated rings. The van der Waals surface area contributed by atoms with E-state index >= 15 is 0 Å². The quantitative estimate of drug-likeness (QED) is 0.630. The molecule has 0 aromatic carbocycles. The van der Waals surface area contributed by atoms with Crippen LogP contribution < -0.4 is 5.32 Å². The van der Waals surface area contributed by atoms with Gasteiger partial charge in [-0.1, -0.05) is 17.8 Å². The summed E-state index contributed by atoms with van der Waals surface area (Å²) >= 11 is 1.77. The number of rotatable bonds is 6. The fourth-order valence-corrected chi connectivity index (χ4v) is 2.50. The topological polar surface area (TPSA) is 42.2 Å². The molecule has 1 unspecified atom stereocenters. The van der Waals surface area contributed by atoms with Gasteiger partial charge in [0.25, 0.3) is 0 Å². The first-order valence-corrected chi connectivity index (χ1v) is 6.89. The Kier molecular flexibility index (Phi) is 4.39. The Morgan fingerprint density at radius 3 is 3.12 bits per heavy atom. The van der Waals surface area contributed by atoms with E-state index in [1.54, 1.807) is 11.8 Å². The molecule has 1 N–H and O–H groups in total. The number of pyridine rings is 1. The average Bonchev–Trinajstić information content (AvgIpc) is 2.78. The van der Waals surface area contributed by atoms with Crippen molar-refractivity contribution in [2.24, 2.45) is 0 Å². The van der Waals surface area contributed by atoms with Gasteiger partial charge in [0.05, 0.1) is 0 Å². The van der Waals surface area contributed by atoms with Crippen molar-refractivity contribution in [3.8, 4) is 0 Å². The Morgan fingerprint density at radius 2 is 2.29 bits per heavy atom. The van der Waals surface area contributed by atoms with Crippen LogP contribution in [0.1, 0.15) is 19.8 Å². The fourth-order valence-electron chi connectivity index (χ4n) is 1.62. The Hall–Kier alpha value is -1.07. The zero-order valence-corrected chi connectivity index (χ0v) is 11.1. The molecule has 17 heavy (non-hydrogen) atoms. The molecule has 0 aliphatic rings. The molecule has 0 amide bonds. The zero-order valence-electron chi connectivity index (χ0n) is 10.3. The first kappa shape index (κ1) is 12.4. The van der Waals surface area contributed by atoms with E-state index in [2.05, 4.69) is 22.4 Å². The summed E-state index contributed by atoms with van der Waals surface area (Å²) in [6.07, 6.45) is 4.39. The maximum atomic E-state index is 4.19. The van der Waals surface area contributed by atoms with Crippen LogP contribution in [0.4, 0.5) is 0 Å². The van der Waals surface area contributed by atoms with Crippen LogP contribution in [0.25, 0.3) is 5.65 Å². The average molecular weight is 250 g/mol. The number of nitrogens with one attached hydrogen (secondary N) is 1.